The Morgan fingerprint density at radius 1 is 1.12 bits per heavy atom. The Morgan fingerprint density at radius 2 is 1.88 bits per heavy atom. The highest BCUT2D eigenvalue weighted by molar-refractivity contribution is 6.30. The van der Waals surface area contributed by atoms with Crippen LogP contribution in [0, 0.1) is 0 Å². The maximum Gasteiger partial charge on any atom is 0.322 e. The number of nitrogens with zero attached hydrogens (tertiary/aromatic N) is 3. The van der Waals surface area contributed by atoms with Crippen LogP contribution in [0.5, 0.6) is 0 Å². The molecule has 0 fully saturated rings. The van der Waals surface area contributed by atoms with E-state index in [0.717, 1.165) is 36.6 Å². The Morgan fingerprint density at radius 3 is 2.62 bits per heavy atom. The summed E-state index contributed by atoms with van der Waals surface area (Å²) >= 11 is 6.01. The molecule has 1 aliphatic rings. The summed E-state index contributed by atoms with van der Waals surface area (Å²) in [5, 5.41) is 3.68. The quantitative estimate of drug-likeness (QED) is 0.873. The average molecular weight is 373 g/mol. The van der Waals surface area contributed by atoms with Gasteiger partial charge in [-0.15, -0.1) is 0 Å². The number of hydrogen-bond donors (Lipinski definition) is 1. The third-order valence-electron chi connectivity index (χ3n) is 4.50. The Balaban J connectivity index is 1.69. The maximum atomic E-state index is 12.7. The number of amides is 2. The van der Waals surface area contributed by atoms with Crippen LogP contribution in [0.2, 0.25) is 5.02 Å². The molecule has 0 saturated heterocycles. The molecule has 3 rings (SSSR count). The van der Waals surface area contributed by atoms with Gasteiger partial charge in [-0.1, -0.05) is 35.9 Å². The lowest BCUT2D eigenvalue weighted by atomic mass is 10.1. The molecule has 0 bridgehead atoms. The highest BCUT2D eigenvalue weighted by Gasteiger charge is 2.26. The number of halogens is 1. The fourth-order valence-corrected chi connectivity index (χ4v) is 3.32. The zero-order valence-electron chi connectivity index (χ0n) is 15.3. The lowest BCUT2D eigenvalue weighted by Gasteiger charge is -2.38. The number of likely N-dealkylation sites (N-methyl/N-ethyl adjacent to an activating group) is 1. The van der Waals surface area contributed by atoms with Crippen molar-refractivity contribution < 1.29 is 4.79 Å². The highest BCUT2D eigenvalue weighted by atomic mass is 35.5. The largest absolute Gasteiger partial charge is 0.367 e. The molecule has 1 heterocycles. The summed E-state index contributed by atoms with van der Waals surface area (Å²) in [4.78, 5) is 19.1. The van der Waals surface area contributed by atoms with Crippen LogP contribution in [0.25, 0.3) is 0 Å². The standard InChI is InChI=1S/C20H25ClN4O/c1-23(2)10-11-24-12-13-25(19-9-4-3-8-18(19)24)20(26)22-15-16-6-5-7-17(21)14-16/h3-9,14H,10-13,15H2,1-2H3,(H,22,26). The minimum Gasteiger partial charge on any atom is -0.367 e. The third-order valence-corrected chi connectivity index (χ3v) is 4.74. The number of para-hydroxylation sites is 2. The van der Waals surface area contributed by atoms with Gasteiger partial charge in [-0.2, -0.15) is 0 Å². The normalized spacial score (nSPS) is 13.7. The molecule has 5 nitrogen and oxygen atoms in total. The fraction of sp³-hybridized carbons (Fsp3) is 0.350. The van der Waals surface area contributed by atoms with Gasteiger partial charge in [-0.25, -0.2) is 4.79 Å². The number of anilines is 2. The van der Waals surface area contributed by atoms with Gasteiger partial charge < -0.3 is 15.1 Å². The van der Waals surface area contributed by atoms with E-state index < -0.39 is 0 Å². The SMILES string of the molecule is CN(C)CCN1CCN(C(=O)NCc2cccc(Cl)c2)c2ccccc21. The number of rotatable bonds is 5. The van der Waals surface area contributed by atoms with E-state index >= 15 is 0 Å². The number of benzene rings is 2. The molecule has 6 heteroatoms. The van der Waals surface area contributed by atoms with Gasteiger partial charge in [-0.3, -0.25) is 4.90 Å². The summed E-state index contributed by atoms with van der Waals surface area (Å²) in [5.41, 5.74) is 3.06. The van der Waals surface area contributed by atoms with Crippen LogP contribution in [-0.2, 0) is 6.54 Å². The van der Waals surface area contributed by atoms with E-state index in [1.54, 1.807) is 0 Å². The number of fused-ring (bicyclic) bond motifs is 1. The van der Waals surface area contributed by atoms with Gasteiger partial charge in [-0.05, 0) is 43.9 Å². The number of hydrogen-bond acceptors (Lipinski definition) is 3. The maximum absolute atomic E-state index is 12.7. The van der Waals surface area contributed by atoms with Crippen LogP contribution in [-0.4, -0.2) is 51.2 Å². The predicted molar refractivity (Wildman–Crippen MR) is 108 cm³/mol. The first-order valence-electron chi connectivity index (χ1n) is 8.83. The first-order valence-corrected chi connectivity index (χ1v) is 9.21. The molecule has 26 heavy (non-hydrogen) atoms. The fourth-order valence-electron chi connectivity index (χ4n) is 3.11. The Bertz CT molecular complexity index is 765. The lowest BCUT2D eigenvalue weighted by Crippen LogP contribution is -2.49. The van der Waals surface area contributed by atoms with Crippen molar-refractivity contribution in [2.75, 3.05) is 50.1 Å². The van der Waals surface area contributed by atoms with Gasteiger partial charge in [0.15, 0.2) is 0 Å². The molecule has 0 spiro atoms. The smallest absolute Gasteiger partial charge is 0.322 e. The minimum absolute atomic E-state index is 0.0790. The van der Waals surface area contributed by atoms with E-state index in [1.165, 1.54) is 0 Å². The predicted octanol–water partition coefficient (Wildman–Crippen LogP) is 3.44. The molecule has 0 atom stereocenters. The van der Waals surface area contributed by atoms with E-state index in [9.17, 15) is 4.79 Å². The second kappa shape index (κ2) is 8.43. The van der Waals surface area contributed by atoms with Crippen LogP contribution in [0.15, 0.2) is 48.5 Å². The van der Waals surface area contributed by atoms with Gasteiger partial charge in [0.25, 0.3) is 0 Å². The van der Waals surface area contributed by atoms with E-state index in [4.69, 9.17) is 11.6 Å². The highest BCUT2D eigenvalue weighted by Crippen LogP contribution is 2.32. The number of nitrogens with one attached hydrogen (secondary N) is 1. The number of carbonyl (C=O) groups is 1. The van der Waals surface area contributed by atoms with Crippen molar-refractivity contribution in [1.29, 1.82) is 0 Å². The van der Waals surface area contributed by atoms with Crippen molar-refractivity contribution in [3.63, 3.8) is 0 Å². The van der Waals surface area contributed by atoms with Crippen LogP contribution < -0.4 is 15.1 Å². The van der Waals surface area contributed by atoms with Gasteiger partial charge >= 0.3 is 6.03 Å². The average Bonchev–Trinajstić information content (AvgIpc) is 2.64. The molecule has 1 aliphatic heterocycles. The summed E-state index contributed by atoms with van der Waals surface area (Å²) in [6.45, 7) is 3.89. The van der Waals surface area contributed by atoms with Crippen LogP contribution >= 0.6 is 11.6 Å². The van der Waals surface area contributed by atoms with Crippen LogP contribution in [0.4, 0.5) is 16.2 Å². The Kier molecular flexibility index (Phi) is 6.01. The minimum atomic E-state index is -0.0790. The molecule has 2 aromatic rings. The molecule has 2 amide bonds. The van der Waals surface area contributed by atoms with Crippen molar-refractivity contribution in [3.05, 3.63) is 59.1 Å². The molecule has 2 aromatic carbocycles. The van der Waals surface area contributed by atoms with Gasteiger partial charge in [0.2, 0.25) is 0 Å². The van der Waals surface area contributed by atoms with E-state index in [0.29, 0.717) is 18.1 Å². The van der Waals surface area contributed by atoms with Gasteiger partial charge in [0.05, 0.1) is 11.4 Å². The monoisotopic (exact) mass is 372 g/mol. The van der Waals surface area contributed by atoms with Crippen molar-refractivity contribution in [2.24, 2.45) is 0 Å². The molecule has 138 valence electrons. The second-order valence-corrected chi connectivity index (χ2v) is 7.16. The van der Waals surface area contributed by atoms with Crippen molar-refractivity contribution in [3.8, 4) is 0 Å². The Labute approximate surface area is 160 Å². The zero-order valence-corrected chi connectivity index (χ0v) is 16.0. The molecule has 1 N–H and O–H groups in total. The molecule has 0 saturated carbocycles. The summed E-state index contributed by atoms with van der Waals surface area (Å²) in [6.07, 6.45) is 0. The molecule has 0 unspecified atom stereocenters. The summed E-state index contributed by atoms with van der Waals surface area (Å²) < 4.78 is 0. The van der Waals surface area contributed by atoms with Gasteiger partial charge in [0.1, 0.15) is 0 Å². The van der Waals surface area contributed by atoms with Crippen molar-refractivity contribution in [1.82, 2.24) is 10.2 Å². The first-order chi connectivity index (χ1) is 12.5. The third kappa shape index (κ3) is 4.48. The Hall–Kier alpha value is -2.24. The number of carbonyl (C=O) groups excluding carboxylic acids is 1. The summed E-state index contributed by atoms with van der Waals surface area (Å²) in [6, 6.07) is 15.6. The zero-order chi connectivity index (χ0) is 18.5. The summed E-state index contributed by atoms with van der Waals surface area (Å²) in [5.74, 6) is 0. The van der Waals surface area contributed by atoms with Crippen LogP contribution in [0.1, 0.15) is 5.56 Å². The lowest BCUT2D eigenvalue weighted by molar-refractivity contribution is 0.245. The van der Waals surface area contributed by atoms with E-state index in [-0.39, 0.29) is 6.03 Å². The first kappa shape index (κ1) is 18.5. The molecular formula is C20H25ClN4O. The van der Waals surface area contributed by atoms with Crippen LogP contribution in [0.3, 0.4) is 0 Å². The topological polar surface area (TPSA) is 38.8 Å². The molecule has 0 aliphatic carbocycles. The number of urea groups is 1. The van der Waals surface area contributed by atoms with E-state index in [2.05, 4.69) is 35.3 Å². The van der Waals surface area contributed by atoms with Crippen molar-refractivity contribution >= 4 is 29.0 Å². The van der Waals surface area contributed by atoms with E-state index in [1.807, 2.05) is 47.4 Å². The van der Waals surface area contributed by atoms with Crippen molar-refractivity contribution in [2.45, 2.75) is 6.54 Å². The second-order valence-electron chi connectivity index (χ2n) is 6.72. The molecule has 0 aromatic heterocycles. The summed E-state index contributed by atoms with van der Waals surface area (Å²) in [7, 11) is 4.15. The molecular weight excluding hydrogens is 348 g/mol. The molecule has 0 radical (unpaired) electrons. The van der Waals surface area contributed by atoms with Gasteiger partial charge in [0, 0.05) is 37.7 Å².